The SMILES string of the molecule is Cc1ccc(NC(=O)/C(C#N)=C2\SC(Cc3ccc(C(C)C)cc3)C(=O)N2c2ccc(C)c(C)c2)cc1. The summed E-state index contributed by atoms with van der Waals surface area (Å²) < 4.78 is 0. The van der Waals surface area contributed by atoms with Gasteiger partial charge in [-0.1, -0.05) is 73.6 Å². The fraction of sp³-hybridized carbons (Fsp3) is 0.258. The maximum Gasteiger partial charge on any atom is 0.269 e. The van der Waals surface area contributed by atoms with E-state index in [1.807, 2.05) is 51.1 Å². The number of aryl methyl sites for hydroxylation is 3. The van der Waals surface area contributed by atoms with Crippen LogP contribution in [0.5, 0.6) is 0 Å². The van der Waals surface area contributed by atoms with E-state index in [4.69, 9.17) is 0 Å². The van der Waals surface area contributed by atoms with Crippen LogP contribution in [0.25, 0.3) is 0 Å². The first kappa shape index (κ1) is 26.2. The molecular formula is C31H31N3O2S. The third-order valence-corrected chi connectivity index (χ3v) is 7.89. The number of nitriles is 1. The Balaban J connectivity index is 1.71. The summed E-state index contributed by atoms with van der Waals surface area (Å²) in [7, 11) is 0. The van der Waals surface area contributed by atoms with E-state index in [1.165, 1.54) is 22.2 Å². The first-order valence-corrected chi connectivity index (χ1v) is 13.2. The Bertz CT molecular complexity index is 1400. The first-order valence-electron chi connectivity index (χ1n) is 12.4. The van der Waals surface area contributed by atoms with Gasteiger partial charge in [-0.15, -0.1) is 0 Å². The van der Waals surface area contributed by atoms with Crippen molar-refractivity contribution in [1.82, 2.24) is 0 Å². The van der Waals surface area contributed by atoms with Gasteiger partial charge in [0.25, 0.3) is 5.91 Å². The summed E-state index contributed by atoms with van der Waals surface area (Å²) >= 11 is 1.28. The molecule has 188 valence electrons. The minimum atomic E-state index is -0.530. The Hall–Kier alpha value is -3.82. The molecule has 6 heteroatoms. The zero-order valence-corrected chi connectivity index (χ0v) is 22.6. The van der Waals surface area contributed by atoms with Gasteiger partial charge in [-0.3, -0.25) is 14.5 Å². The molecule has 1 N–H and O–H groups in total. The van der Waals surface area contributed by atoms with E-state index in [-0.39, 0.29) is 11.5 Å². The van der Waals surface area contributed by atoms with Crippen molar-refractivity contribution < 1.29 is 9.59 Å². The Morgan fingerprint density at radius 1 is 1.00 bits per heavy atom. The lowest BCUT2D eigenvalue weighted by Gasteiger charge is -2.20. The standard InChI is InChI=1S/C31H31N3O2S/c1-19(2)24-11-9-23(10-12-24)17-28-30(36)34(26-15-8-21(4)22(5)16-26)31(37-28)27(18-32)29(35)33-25-13-6-20(3)7-14-25/h6-16,19,28H,17H2,1-5H3,(H,33,35)/b31-27-. The Kier molecular flexibility index (Phi) is 7.85. The molecule has 1 fully saturated rings. The minimum Gasteiger partial charge on any atom is -0.321 e. The second-order valence-electron chi connectivity index (χ2n) is 9.76. The second-order valence-corrected chi connectivity index (χ2v) is 11.0. The smallest absolute Gasteiger partial charge is 0.269 e. The second kappa shape index (κ2) is 11.1. The molecule has 0 bridgehead atoms. The number of carbonyl (C=O) groups excluding carboxylic acids is 2. The van der Waals surface area contributed by atoms with E-state index in [9.17, 15) is 14.9 Å². The van der Waals surface area contributed by atoms with Crippen LogP contribution in [0.15, 0.2) is 77.3 Å². The highest BCUT2D eigenvalue weighted by atomic mass is 32.2. The van der Waals surface area contributed by atoms with Gasteiger partial charge in [-0.25, -0.2) is 0 Å². The van der Waals surface area contributed by atoms with E-state index < -0.39 is 11.2 Å². The lowest BCUT2D eigenvalue weighted by molar-refractivity contribution is -0.117. The number of carbonyl (C=O) groups is 2. The van der Waals surface area contributed by atoms with Gasteiger partial charge in [0.2, 0.25) is 5.91 Å². The number of amides is 2. The highest BCUT2D eigenvalue weighted by Gasteiger charge is 2.41. The van der Waals surface area contributed by atoms with E-state index in [0.29, 0.717) is 28.7 Å². The van der Waals surface area contributed by atoms with Gasteiger partial charge in [0.05, 0.1) is 5.25 Å². The quantitative estimate of drug-likeness (QED) is 0.293. The first-order chi connectivity index (χ1) is 17.7. The van der Waals surface area contributed by atoms with Crippen LogP contribution >= 0.6 is 11.8 Å². The molecular weight excluding hydrogens is 478 g/mol. The molecule has 3 aromatic carbocycles. The van der Waals surface area contributed by atoms with Gasteiger partial charge in [-0.05, 0) is 79.6 Å². The number of benzene rings is 3. The van der Waals surface area contributed by atoms with Crippen molar-refractivity contribution in [2.24, 2.45) is 0 Å². The van der Waals surface area contributed by atoms with Gasteiger partial charge in [0.15, 0.2) is 0 Å². The highest BCUT2D eigenvalue weighted by Crippen LogP contribution is 2.42. The molecule has 37 heavy (non-hydrogen) atoms. The van der Waals surface area contributed by atoms with Crippen LogP contribution in [0.1, 0.15) is 47.6 Å². The molecule has 0 aliphatic carbocycles. The van der Waals surface area contributed by atoms with E-state index in [0.717, 1.165) is 22.3 Å². The molecule has 1 atom stereocenters. The lowest BCUT2D eigenvalue weighted by atomic mass is 10.00. The molecule has 1 unspecified atom stereocenters. The number of nitrogens with zero attached hydrogens (tertiary/aromatic N) is 2. The molecule has 4 rings (SSSR count). The lowest BCUT2D eigenvalue weighted by Crippen LogP contribution is -2.31. The average Bonchev–Trinajstić information content (AvgIpc) is 3.18. The zero-order valence-electron chi connectivity index (χ0n) is 21.8. The largest absolute Gasteiger partial charge is 0.321 e. The highest BCUT2D eigenvalue weighted by molar-refractivity contribution is 8.05. The minimum absolute atomic E-state index is 0.0743. The predicted octanol–water partition coefficient (Wildman–Crippen LogP) is 6.80. The molecule has 2 amide bonds. The van der Waals surface area contributed by atoms with E-state index in [1.54, 1.807) is 12.1 Å². The van der Waals surface area contributed by atoms with Crippen LogP contribution in [0.2, 0.25) is 0 Å². The number of hydrogen-bond donors (Lipinski definition) is 1. The third kappa shape index (κ3) is 5.79. The number of nitrogens with one attached hydrogen (secondary N) is 1. The average molecular weight is 510 g/mol. The van der Waals surface area contributed by atoms with Crippen LogP contribution in [0.4, 0.5) is 11.4 Å². The molecule has 0 spiro atoms. The van der Waals surface area contributed by atoms with Crippen molar-refractivity contribution in [3.8, 4) is 6.07 Å². The zero-order chi connectivity index (χ0) is 26.7. The maximum atomic E-state index is 13.8. The molecule has 0 aromatic heterocycles. The molecule has 0 saturated carbocycles. The van der Waals surface area contributed by atoms with Gasteiger partial charge in [0.1, 0.15) is 16.7 Å². The Morgan fingerprint density at radius 3 is 2.27 bits per heavy atom. The molecule has 1 aliphatic heterocycles. The molecule has 0 radical (unpaired) electrons. The number of rotatable bonds is 6. The Labute approximate surface area is 223 Å². The summed E-state index contributed by atoms with van der Waals surface area (Å²) in [4.78, 5) is 28.5. The summed E-state index contributed by atoms with van der Waals surface area (Å²) in [6, 6.07) is 23.5. The number of thioether (sulfide) groups is 1. The summed E-state index contributed by atoms with van der Waals surface area (Å²) in [5, 5.41) is 12.8. The number of hydrogen-bond acceptors (Lipinski definition) is 4. The molecule has 1 heterocycles. The molecule has 3 aromatic rings. The van der Waals surface area contributed by atoms with Crippen LogP contribution in [0.3, 0.4) is 0 Å². The van der Waals surface area contributed by atoms with E-state index in [2.05, 4.69) is 49.5 Å². The van der Waals surface area contributed by atoms with Crippen molar-refractivity contribution >= 4 is 35.0 Å². The van der Waals surface area contributed by atoms with Gasteiger partial charge >= 0.3 is 0 Å². The van der Waals surface area contributed by atoms with Crippen LogP contribution in [-0.4, -0.2) is 17.1 Å². The monoisotopic (exact) mass is 509 g/mol. The van der Waals surface area contributed by atoms with E-state index >= 15 is 0 Å². The maximum absolute atomic E-state index is 13.8. The van der Waals surface area contributed by atoms with Crippen LogP contribution in [0, 0.1) is 32.1 Å². The normalized spacial score (nSPS) is 16.6. The van der Waals surface area contributed by atoms with Crippen LogP contribution < -0.4 is 10.2 Å². The summed E-state index contributed by atoms with van der Waals surface area (Å²) in [6.45, 7) is 10.3. The Morgan fingerprint density at radius 2 is 1.68 bits per heavy atom. The van der Waals surface area contributed by atoms with Crippen molar-refractivity contribution in [2.45, 2.75) is 52.2 Å². The van der Waals surface area contributed by atoms with Crippen molar-refractivity contribution in [1.29, 1.82) is 5.26 Å². The topological polar surface area (TPSA) is 73.2 Å². The molecule has 1 saturated heterocycles. The van der Waals surface area contributed by atoms with Crippen molar-refractivity contribution in [3.63, 3.8) is 0 Å². The predicted molar refractivity (Wildman–Crippen MR) is 151 cm³/mol. The summed E-state index contributed by atoms with van der Waals surface area (Å²) in [5.41, 5.74) is 6.67. The molecule has 1 aliphatic rings. The van der Waals surface area contributed by atoms with Crippen molar-refractivity contribution in [3.05, 3.63) is 105 Å². The van der Waals surface area contributed by atoms with Gasteiger partial charge in [-0.2, -0.15) is 5.26 Å². The molecule has 5 nitrogen and oxygen atoms in total. The fourth-order valence-corrected chi connectivity index (χ4v) is 5.48. The van der Waals surface area contributed by atoms with Gasteiger partial charge < -0.3 is 5.32 Å². The van der Waals surface area contributed by atoms with Gasteiger partial charge in [0, 0.05) is 11.4 Å². The summed E-state index contributed by atoms with van der Waals surface area (Å²) in [5.74, 6) is -0.235. The summed E-state index contributed by atoms with van der Waals surface area (Å²) in [6.07, 6.45) is 0.505. The third-order valence-electron chi connectivity index (χ3n) is 6.63. The van der Waals surface area contributed by atoms with Crippen LogP contribution in [-0.2, 0) is 16.0 Å². The number of anilines is 2. The fourth-order valence-electron chi connectivity index (χ4n) is 4.17. The van der Waals surface area contributed by atoms with Crippen molar-refractivity contribution in [2.75, 3.05) is 10.2 Å².